The number of aromatic nitrogens is 3. The van der Waals surface area contributed by atoms with Gasteiger partial charge in [0, 0.05) is 5.92 Å². The second-order valence-corrected chi connectivity index (χ2v) is 5.49. The van der Waals surface area contributed by atoms with E-state index in [4.69, 9.17) is 0 Å². The molecule has 3 nitrogen and oxygen atoms in total. The Morgan fingerprint density at radius 2 is 1.95 bits per heavy atom. The molecule has 0 atom stereocenters. The molecular weight excluding hydrogens is 234 g/mol. The van der Waals surface area contributed by atoms with Crippen LogP contribution in [0.3, 0.4) is 0 Å². The van der Waals surface area contributed by atoms with Crippen LogP contribution in [-0.4, -0.2) is 15.0 Å². The number of hydrogen-bond acceptors (Lipinski definition) is 2. The van der Waals surface area contributed by atoms with Gasteiger partial charge in [0.2, 0.25) is 0 Å². The summed E-state index contributed by atoms with van der Waals surface area (Å²) in [6.07, 6.45) is 9.67. The van der Waals surface area contributed by atoms with Gasteiger partial charge in [-0.05, 0) is 43.4 Å². The van der Waals surface area contributed by atoms with Crippen LogP contribution in [-0.2, 0) is 6.42 Å². The van der Waals surface area contributed by atoms with E-state index in [1.807, 2.05) is 4.68 Å². The molecule has 1 saturated carbocycles. The number of aryl methyl sites for hydroxylation is 1. The Labute approximate surface area is 114 Å². The van der Waals surface area contributed by atoms with Gasteiger partial charge in [0.25, 0.3) is 0 Å². The van der Waals surface area contributed by atoms with E-state index in [2.05, 4.69) is 47.7 Å². The zero-order valence-electron chi connectivity index (χ0n) is 11.5. The number of nitrogens with zero attached hydrogens (tertiary/aromatic N) is 3. The molecule has 100 valence electrons. The molecule has 0 aliphatic heterocycles. The van der Waals surface area contributed by atoms with Crippen molar-refractivity contribution in [1.29, 1.82) is 0 Å². The molecule has 3 rings (SSSR count). The summed E-state index contributed by atoms with van der Waals surface area (Å²) in [5.74, 6) is 0.669. The second-order valence-electron chi connectivity index (χ2n) is 5.49. The van der Waals surface area contributed by atoms with Crippen LogP contribution in [0.25, 0.3) is 5.69 Å². The molecule has 1 aromatic heterocycles. The molecule has 0 radical (unpaired) electrons. The maximum Gasteiger partial charge on any atom is 0.0862 e. The highest BCUT2D eigenvalue weighted by Crippen LogP contribution is 2.38. The first kappa shape index (κ1) is 12.4. The highest BCUT2D eigenvalue weighted by Gasteiger charge is 2.26. The monoisotopic (exact) mass is 255 g/mol. The van der Waals surface area contributed by atoms with Gasteiger partial charge >= 0.3 is 0 Å². The lowest BCUT2D eigenvalue weighted by atomic mass is 10.1. The predicted molar refractivity (Wildman–Crippen MR) is 76.6 cm³/mol. The molecular formula is C16H21N3. The van der Waals surface area contributed by atoms with Crippen molar-refractivity contribution in [2.45, 2.75) is 51.4 Å². The number of unbranched alkanes of at least 4 members (excludes halogenated alkanes) is 2. The number of rotatable bonds is 6. The van der Waals surface area contributed by atoms with Crippen LogP contribution in [0.2, 0.25) is 0 Å². The lowest BCUT2D eigenvalue weighted by Gasteiger charge is -2.03. The molecule has 0 amide bonds. The first-order valence-electron chi connectivity index (χ1n) is 7.38. The molecule has 1 fully saturated rings. The van der Waals surface area contributed by atoms with Crippen molar-refractivity contribution in [2.24, 2.45) is 0 Å². The van der Waals surface area contributed by atoms with Crippen LogP contribution in [0, 0.1) is 0 Å². The summed E-state index contributed by atoms with van der Waals surface area (Å²) in [5.41, 5.74) is 3.67. The standard InChI is InChI=1S/C16H21N3/c1-2-3-4-5-13-6-10-15(11-7-13)19-12-16(17-18-19)14-8-9-14/h6-7,10-12,14H,2-5,8-9H2,1H3. The maximum atomic E-state index is 4.25. The molecule has 0 N–H and O–H groups in total. The Morgan fingerprint density at radius 1 is 1.16 bits per heavy atom. The van der Waals surface area contributed by atoms with Gasteiger partial charge in [-0.15, -0.1) is 5.10 Å². The van der Waals surface area contributed by atoms with Gasteiger partial charge in [0.15, 0.2) is 0 Å². The van der Waals surface area contributed by atoms with E-state index in [0.29, 0.717) is 5.92 Å². The van der Waals surface area contributed by atoms with Crippen molar-refractivity contribution in [3.05, 3.63) is 41.7 Å². The second kappa shape index (κ2) is 5.55. The normalized spacial score (nSPS) is 14.8. The minimum absolute atomic E-state index is 0.669. The van der Waals surface area contributed by atoms with Gasteiger partial charge in [-0.2, -0.15) is 0 Å². The van der Waals surface area contributed by atoms with Gasteiger partial charge in [-0.1, -0.05) is 37.1 Å². The Hall–Kier alpha value is -1.64. The Morgan fingerprint density at radius 3 is 2.63 bits per heavy atom. The minimum Gasteiger partial charge on any atom is -0.220 e. The maximum absolute atomic E-state index is 4.25. The van der Waals surface area contributed by atoms with Crippen LogP contribution in [0.15, 0.2) is 30.5 Å². The van der Waals surface area contributed by atoms with Crippen LogP contribution in [0.4, 0.5) is 0 Å². The Bertz CT molecular complexity index is 523. The van der Waals surface area contributed by atoms with E-state index < -0.39 is 0 Å². The highest BCUT2D eigenvalue weighted by molar-refractivity contribution is 5.34. The fraction of sp³-hybridized carbons (Fsp3) is 0.500. The van der Waals surface area contributed by atoms with Gasteiger partial charge in [-0.25, -0.2) is 4.68 Å². The summed E-state index contributed by atoms with van der Waals surface area (Å²) in [7, 11) is 0. The summed E-state index contributed by atoms with van der Waals surface area (Å²) in [4.78, 5) is 0. The molecule has 0 bridgehead atoms. The zero-order chi connectivity index (χ0) is 13.1. The van der Waals surface area contributed by atoms with E-state index in [0.717, 1.165) is 11.4 Å². The van der Waals surface area contributed by atoms with Crippen molar-refractivity contribution >= 4 is 0 Å². The third kappa shape index (κ3) is 3.03. The molecule has 0 spiro atoms. The molecule has 3 heteroatoms. The minimum atomic E-state index is 0.669. The van der Waals surface area contributed by atoms with Crippen LogP contribution < -0.4 is 0 Å². The van der Waals surface area contributed by atoms with E-state index >= 15 is 0 Å². The summed E-state index contributed by atoms with van der Waals surface area (Å²) < 4.78 is 1.89. The smallest absolute Gasteiger partial charge is 0.0862 e. The largest absolute Gasteiger partial charge is 0.220 e. The Kier molecular flexibility index (Phi) is 3.62. The van der Waals surface area contributed by atoms with Crippen molar-refractivity contribution in [2.75, 3.05) is 0 Å². The molecule has 1 aliphatic carbocycles. The SMILES string of the molecule is CCCCCc1ccc(-n2cc(C3CC3)nn2)cc1. The summed E-state index contributed by atoms with van der Waals surface area (Å²) in [5, 5.41) is 8.47. The Balaban J connectivity index is 1.66. The third-order valence-electron chi connectivity index (χ3n) is 3.78. The van der Waals surface area contributed by atoms with Crippen molar-refractivity contribution < 1.29 is 0 Å². The van der Waals surface area contributed by atoms with Crippen LogP contribution in [0.5, 0.6) is 0 Å². The van der Waals surface area contributed by atoms with E-state index in [9.17, 15) is 0 Å². The average Bonchev–Trinajstić information content (AvgIpc) is 3.18. The summed E-state index contributed by atoms with van der Waals surface area (Å²) >= 11 is 0. The van der Waals surface area contributed by atoms with Gasteiger partial charge in [0.05, 0.1) is 17.6 Å². The molecule has 0 unspecified atom stereocenters. The van der Waals surface area contributed by atoms with Crippen molar-refractivity contribution in [1.82, 2.24) is 15.0 Å². The van der Waals surface area contributed by atoms with Crippen molar-refractivity contribution in [3.63, 3.8) is 0 Å². The molecule has 1 aliphatic rings. The lowest BCUT2D eigenvalue weighted by molar-refractivity contribution is 0.717. The average molecular weight is 255 g/mol. The zero-order valence-corrected chi connectivity index (χ0v) is 11.5. The molecule has 19 heavy (non-hydrogen) atoms. The van der Waals surface area contributed by atoms with E-state index in [1.165, 1.54) is 44.1 Å². The number of hydrogen-bond donors (Lipinski definition) is 0. The number of benzene rings is 1. The van der Waals surface area contributed by atoms with Gasteiger partial charge < -0.3 is 0 Å². The lowest BCUT2D eigenvalue weighted by Crippen LogP contribution is -1.95. The van der Waals surface area contributed by atoms with Gasteiger partial charge in [0.1, 0.15) is 0 Å². The topological polar surface area (TPSA) is 30.7 Å². The van der Waals surface area contributed by atoms with Crippen molar-refractivity contribution in [3.8, 4) is 5.69 Å². The molecule has 0 saturated heterocycles. The van der Waals surface area contributed by atoms with E-state index in [1.54, 1.807) is 0 Å². The first-order chi connectivity index (χ1) is 9.36. The van der Waals surface area contributed by atoms with Crippen LogP contribution in [0.1, 0.15) is 56.2 Å². The fourth-order valence-electron chi connectivity index (χ4n) is 2.36. The molecule has 1 aromatic carbocycles. The fourth-order valence-corrected chi connectivity index (χ4v) is 2.36. The highest BCUT2D eigenvalue weighted by atomic mass is 15.4. The van der Waals surface area contributed by atoms with Crippen LogP contribution >= 0.6 is 0 Å². The molecule has 1 heterocycles. The van der Waals surface area contributed by atoms with E-state index in [-0.39, 0.29) is 0 Å². The molecule has 2 aromatic rings. The third-order valence-corrected chi connectivity index (χ3v) is 3.78. The summed E-state index contributed by atoms with van der Waals surface area (Å²) in [6, 6.07) is 8.71. The quantitative estimate of drug-likeness (QED) is 0.733. The predicted octanol–water partition coefficient (Wildman–Crippen LogP) is 3.88. The summed E-state index contributed by atoms with van der Waals surface area (Å²) in [6.45, 7) is 2.24. The van der Waals surface area contributed by atoms with Gasteiger partial charge in [-0.3, -0.25) is 0 Å². The first-order valence-corrected chi connectivity index (χ1v) is 7.38.